The maximum absolute atomic E-state index is 13.0. The van der Waals surface area contributed by atoms with Crippen LogP contribution in [0.25, 0.3) is 0 Å². The Morgan fingerprint density at radius 3 is 2.00 bits per heavy atom. The summed E-state index contributed by atoms with van der Waals surface area (Å²) in [6.07, 6.45) is -0.0685. The number of ether oxygens (including phenoxy) is 2. The molecule has 2 atom stereocenters. The maximum atomic E-state index is 13.0. The Balaban J connectivity index is 1.36. The number of hydrogen-bond acceptors (Lipinski definition) is 5. The summed E-state index contributed by atoms with van der Waals surface area (Å²) in [7, 11) is 0. The van der Waals surface area contributed by atoms with Gasteiger partial charge in [-0.15, -0.1) is 0 Å². The summed E-state index contributed by atoms with van der Waals surface area (Å²) < 4.78 is 11.0. The summed E-state index contributed by atoms with van der Waals surface area (Å²) >= 11 is 0. The van der Waals surface area contributed by atoms with E-state index >= 15 is 0 Å². The van der Waals surface area contributed by atoms with E-state index in [-0.39, 0.29) is 12.7 Å². The van der Waals surface area contributed by atoms with Gasteiger partial charge < -0.3 is 9.47 Å². The number of epoxide rings is 1. The van der Waals surface area contributed by atoms with Gasteiger partial charge in [-0.3, -0.25) is 4.79 Å². The molecule has 0 aromatic heterocycles. The number of hydrazine groups is 1. The van der Waals surface area contributed by atoms with Crippen LogP contribution in [-0.4, -0.2) is 29.2 Å². The Hall–Kier alpha value is -3.48. The summed E-state index contributed by atoms with van der Waals surface area (Å²) in [4.78, 5) is 25.8. The molecule has 0 bridgehead atoms. The third kappa shape index (κ3) is 6.03. The van der Waals surface area contributed by atoms with Crippen LogP contribution in [0.4, 0.5) is 4.79 Å². The summed E-state index contributed by atoms with van der Waals surface area (Å²) in [5.41, 5.74) is 5.90. The second-order valence-electron chi connectivity index (χ2n) is 7.65. The fourth-order valence-electron chi connectivity index (χ4n) is 3.44. The SMILES string of the molecule is O=C(OCc1ccccc1)N(NCc1ccccc1)C(=O)[C@H]1O[C@@H]1CCc1ccccc1. The Kier molecular flexibility index (Phi) is 7.27. The third-order valence-corrected chi connectivity index (χ3v) is 5.28. The second-order valence-corrected chi connectivity index (χ2v) is 7.65. The van der Waals surface area contributed by atoms with E-state index in [1.807, 2.05) is 91.0 Å². The summed E-state index contributed by atoms with van der Waals surface area (Å²) in [5, 5.41) is 0.948. The van der Waals surface area contributed by atoms with Gasteiger partial charge in [-0.1, -0.05) is 91.0 Å². The zero-order valence-corrected chi connectivity index (χ0v) is 17.7. The van der Waals surface area contributed by atoms with Crippen LogP contribution in [0.2, 0.25) is 0 Å². The minimum atomic E-state index is -0.743. The standard InChI is InChI=1S/C26H26N2O4/c29-25(24-23(32-24)17-16-20-10-4-1-5-11-20)28(27-18-21-12-6-2-7-13-21)26(30)31-19-22-14-8-3-9-15-22/h1-15,23-24,27H,16-19H2/t23-,24+/m1/s1. The number of imide groups is 1. The van der Waals surface area contributed by atoms with Gasteiger partial charge in [0.05, 0.1) is 6.10 Å². The Morgan fingerprint density at radius 1 is 0.812 bits per heavy atom. The lowest BCUT2D eigenvalue weighted by Gasteiger charge is -2.20. The van der Waals surface area contributed by atoms with Crippen LogP contribution in [0.3, 0.4) is 0 Å². The number of nitrogens with one attached hydrogen (secondary N) is 1. The number of nitrogens with zero attached hydrogens (tertiary/aromatic N) is 1. The number of amides is 2. The van der Waals surface area contributed by atoms with Crippen molar-refractivity contribution >= 4 is 12.0 Å². The molecule has 0 aliphatic carbocycles. The molecule has 1 saturated heterocycles. The van der Waals surface area contributed by atoms with E-state index in [1.165, 1.54) is 5.56 Å². The predicted molar refractivity (Wildman–Crippen MR) is 120 cm³/mol. The quantitative estimate of drug-likeness (QED) is 0.406. The van der Waals surface area contributed by atoms with E-state index in [9.17, 15) is 9.59 Å². The molecule has 1 heterocycles. The van der Waals surface area contributed by atoms with Gasteiger partial charge in [0.2, 0.25) is 0 Å². The largest absolute Gasteiger partial charge is 0.443 e. The van der Waals surface area contributed by atoms with E-state index in [1.54, 1.807) is 0 Å². The number of carbonyl (C=O) groups is 2. The van der Waals surface area contributed by atoms with Crippen molar-refractivity contribution in [2.45, 2.75) is 38.2 Å². The van der Waals surface area contributed by atoms with E-state index in [2.05, 4.69) is 5.43 Å². The molecule has 1 N–H and O–H groups in total. The number of carbonyl (C=O) groups excluding carboxylic acids is 2. The first-order chi connectivity index (χ1) is 15.7. The van der Waals surface area contributed by atoms with Crippen molar-refractivity contribution in [1.82, 2.24) is 10.4 Å². The minimum Gasteiger partial charge on any atom is -0.443 e. The van der Waals surface area contributed by atoms with Crippen LogP contribution in [0.5, 0.6) is 0 Å². The summed E-state index contributed by atoms with van der Waals surface area (Å²) in [6, 6.07) is 29.0. The third-order valence-electron chi connectivity index (χ3n) is 5.28. The van der Waals surface area contributed by atoms with E-state index in [0.717, 1.165) is 22.6 Å². The molecule has 6 nitrogen and oxygen atoms in total. The lowest BCUT2D eigenvalue weighted by Crippen LogP contribution is -2.49. The normalized spacial score (nSPS) is 16.9. The molecule has 1 fully saturated rings. The highest BCUT2D eigenvalue weighted by atomic mass is 16.6. The lowest BCUT2D eigenvalue weighted by molar-refractivity contribution is -0.133. The summed E-state index contributed by atoms with van der Waals surface area (Å²) in [6.45, 7) is 0.397. The lowest BCUT2D eigenvalue weighted by atomic mass is 10.1. The van der Waals surface area contributed by atoms with Gasteiger partial charge in [-0.05, 0) is 29.5 Å². The smallest absolute Gasteiger partial charge is 0.431 e. The zero-order valence-electron chi connectivity index (χ0n) is 17.7. The number of hydrogen-bond donors (Lipinski definition) is 1. The highest BCUT2D eigenvalue weighted by Crippen LogP contribution is 2.28. The highest BCUT2D eigenvalue weighted by Gasteiger charge is 2.48. The van der Waals surface area contributed by atoms with Gasteiger partial charge in [0.15, 0.2) is 6.10 Å². The van der Waals surface area contributed by atoms with Gasteiger partial charge in [0.1, 0.15) is 6.61 Å². The molecule has 2 amide bonds. The maximum Gasteiger partial charge on any atom is 0.431 e. The van der Waals surface area contributed by atoms with Crippen LogP contribution < -0.4 is 5.43 Å². The van der Waals surface area contributed by atoms with Crippen molar-refractivity contribution in [3.63, 3.8) is 0 Å². The second kappa shape index (κ2) is 10.7. The van der Waals surface area contributed by atoms with Crippen LogP contribution >= 0.6 is 0 Å². The minimum absolute atomic E-state index is 0.0828. The van der Waals surface area contributed by atoms with Gasteiger partial charge in [0, 0.05) is 6.54 Å². The van der Waals surface area contributed by atoms with Gasteiger partial charge in [-0.25, -0.2) is 10.2 Å². The number of rotatable bonds is 9. The molecule has 6 heteroatoms. The van der Waals surface area contributed by atoms with Crippen LogP contribution in [0, 0.1) is 0 Å². The predicted octanol–water partition coefficient (Wildman–Crippen LogP) is 4.26. The van der Waals surface area contributed by atoms with E-state index in [0.29, 0.717) is 13.0 Å². The molecule has 1 aliphatic rings. The Morgan fingerprint density at radius 2 is 1.38 bits per heavy atom. The topological polar surface area (TPSA) is 71.2 Å². The van der Waals surface area contributed by atoms with Crippen molar-refractivity contribution in [1.29, 1.82) is 0 Å². The summed E-state index contributed by atoms with van der Waals surface area (Å²) in [5.74, 6) is -0.433. The van der Waals surface area contributed by atoms with E-state index < -0.39 is 18.1 Å². The van der Waals surface area contributed by atoms with Crippen molar-refractivity contribution in [3.05, 3.63) is 108 Å². The molecule has 3 aromatic rings. The first kappa shape index (κ1) is 21.7. The van der Waals surface area contributed by atoms with Crippen LogP contribution in [0.15, 0.2) is 91.0 Å². The van der Waals surface area contributed by atoms with Crippen molar-refractivity contribution in [3.8, 4) is 0 Å². The Labute approximate surface area is 187 Å². The van der Waals surface area contributed by atoms with Crippen molar-refractivity contribution in [2.24, 2.45) is 0 Å². The molecule has 3 aromatic carbocycles. The average Bonchev–Trinajstić information content (AvgIpc) is 3.63. The van der Waals surface area contributed by atoms with Crippen molar-refractivity contribution in [2.75, 3.05) is 0 Å². The fraction of sp³-hybridized carbons (Fsp3) is 0.231. The first-order valence-electron chi connectivity index (χ1n) is 10.7. The molecule has 0 spiro atoms. The Bertz CT molecular complexity index is 1010. The van der Waals surface area contributed by atoms with Crippen LogP contribution in [0.1, 0.15) is 23.1 Å². The highest BCUT2D eigenvalue weighted by molar-refractivity contribution is 5.95. The molecule has 0 radical (unpaired) electrons. The van der Waals surface area contributed by atoms with Crippen LogP contribution in [-0.2, 0) is 33.8 Å². The van der Waals surface area contributed by atoms with E-state index in [4.69, 9.17) is 9.47 Å². The monoisotopic (exact) mass is 430 g/mol. The molecule has 32 heavy (non-hydrogen) atoms. The average molecular weight is 431 g/mol. The molecular weight excluding hydrogens is 404 g/mol. The first-order valence-corrected chi connectivity index (χ1v) is 10.7. The van der Waals surface area contributed by atoms with Gasteiger partial charge in [0.25, 0.3) is 5.91 Å². The van der Waals surface area contributed by atoms with Gasteiger partial charge in [-0.2, -0.15) is 5.01 Å². The molecular formula is C26H26N2O4. The molecule has 1 aliphatic heterocycles. The van der Waals surface area contributed by atoms with Crippen molar-refractivity contribution < 1.29 is 19.1 Å². The number of benzene rings is 3. The number of aryl methyl sites for hydroxylation is 1. The molecule has 164 valence electrons. The molecule has 0 unspecified atom stereocenters. The molecule has 4 rings (SSSR count). The van der Waals surface area contributed by atoms with Gasteiger partial charge >= 0.3 is 6.09 Å². The molecule has 0 saturated carbocycles. The fourth-order valence-corrected chi connectivity index (χ4v) is 3.44. The zero-order chi connectivity index (χ0) is 22.2.